The minimum Gasteiger partial charge on any atom is -0.497 e. The maximum atomic E-state index is 12.5. The van der Waals surface area contributed by atoms with E-state index in [1.807, 2.05) is 30.3 Å². The van der Waals surface area contributed by atoms with E-state index < -0.39 is 6.04 Å². The molecule has 5 nitrogen and oxygen atoms in total. The number of amides is 2. The Balaban J connectivity index is 1.69. The third kappa shape index (κ3) is 3.18. The summed E-state index contributed by atoms with van der Waals surface area (Å²) in [5.74, 6) is 0.269. The Morgan fingerprint density at radius 3 is 2.70 bits per heavy atom. The Morgan fingerprint density at radius 1 is 1.17 bits per heavy atom. The van der Waals surface area contributed by atoms with Gasteiger partial charge >= 0.3 is 0 Å². The van der Waals surface area contributed by atoms with Crippen molar-refractivity contribution in [2.75, 3.05) is 18.6 Å². The van der Waals surface area contributed by atoms with E-state index >= 15 is 0 Å². The monoisotopic (exact) mass is 310 g/mol. The van der Waals surface area contributed by atoms with Gasteiger partial charge < -0.3 is 15.0 Å². The topological polar surface area (TPSA) is 58.6 Å². The fraction of sp³-hybridized carbons (Fsp3) is 0.222. The first kappa shape index (κ1) is 15.1. The normalized spacial score (nSPS) is 17.2. The summed E-state index contributed by atoms with van der Waals surface area (Å²) in [7, 11) is 1.55. The Labute approximate surface area is 134 Å². The van der Waals surface area contributed by atoms with Gasteiger partial charge in [0.1, 0.15) is 11.8 Å². The first-order valence-electron chi connectivity index (χ1n) is 7.50. The average molecular weight is 310 g/mol. The van der Waals surface area contributed by atoms with E-state index in [1.54, 1.807) is 36.3 Å². The Morgan fingerprint density at radius 2 is 1.96 bits per heavy atom. The fourth-order valence-corrected chi connectivity index (χ4v) is 2.68. The van der Waals surface area contributed by atoms with E-state index in [9.17, 15) is 9.59 Å². The minimum atomic E-state index is -0.492. The Kier molecular flexibility index (Phi) is 4.28. The highest BCUT2D eigenvalue weighted by atomic mass is 16.5. The van der Waals surface area contributed by atoms with Crippen LogP contribution < -0.4 is 15.0 Å². The van der Waals surface area contributed by atoms with Crippen LogP contribution in [0.4, 0.5) is 5.69 Å². The molecule has 1 N–H and O–H groups in total. The van der Waals surface area contributed by atoms with E-state index in [4.69, 9.17) is 4.74 Å². The van der Waals surface area contributed by atoms with Gasteiger partial charge in [-0.25, -0.2) is 0 Å². The maximum absolute atomic E-state index is 12.5. The lowest BCUT2D eigenvalue weighted by molar-refractivity contribution is -0.118. The van der Waals surface area contributed by atoms with Crippen LogP contribution in [0.25, 0.3) is 0 Å². The molecule has 1 aliphatic rings. The zero-order valence-electron chi connectivity index (χ0n) is 12.9. The predicted octanol–water partition coefficient (Wildman–Crippen LogP) is 2.23. The number of hydrogen-bond acceptors (Lipinski definition) is 3. The van der Waals surface area contributed by atoms with Gasteiger partial charge in [-0.1, -0.05) is 24.3 Å². The molecule has 1 heterocycles. The van der Waals surface area contributed by atoms with Crippen LogP contribution in [0.5, 0.6) is 5.75 Å². The zero-order chi connectivity index (χ0) is 16.2. The van der Waals surface area contributed by atoms with Gasteiger partial charge in [-0.15, -0.1) is 0 Å². The van der Waals surface area contributed by atoms with Crippen molar-refractivity contribution in [3.8, 4) is 5.75 Å². The molecule has 1 saturated heterocycles. The second-order valence-electron chi connectivity index (χ2n) is 5.37. The first-order chi connectivity index (χ1) is 11.2. The van der Waals surface area contributed by atoms with Crippen molar-refractivity contribution in [2.24, 2.45) is 0 Å². The van der Waals surface area contributed by atoms with E-state index in [1.165, 1.54) is 0 Å². The van der Waals surface area contributed by atoms with Crippen LogP contribution >= 0.6 is 0 Å². The van der Waals surface area contributed by atoms with Crippen LogP contribution in [-0.4, -0.2) is 31.5 Å². The summed E-state index contributed by atoms with van der Waals surface area (Å²) in [6.45, 7) is 0.603. The smallest absolute Gasteiger partial charge is 0.252 e. The van der Waals surface area contributed by atoms with Crippen LogP contribution in [-0.2, 0) is 4.79 Å². The molecule has 0 radical (unpaired) electrons. The molecular weight excluding hydrogens is 292 g/mol. The number of ether oxygens (including phenoxy) is 1. The van der Waals surface area contributed by atoms with Crippen LogP contribution in [0, 0.1) is 0 Å². The maximum Gasteiger partial charge on any atom is 0.252 e. The number of carbonyl (C=O) groups is 2. The van der Waals surface area contributed by atoms with Crippen LogP contribution in [0.3, 0.4) is 0 Å². The van der Waals surface area contributed by atoms with Gasteiger partial charge in [0.05, 0.1) is 7.11 Å². The van der Waals surface area contributed by atoms with E-state index in [-0.39, 0.29) is 11.8 Å². The highest BCUT2D eigenvalue weighted by Gasteiger charge is 2.33. The molecule has 2 aromatic rings. The molecule has 2 aromatic carbocycles. The molecule has 3 rings (SSSR count). The number of para-hydroxylation sites is 1. The largest absolute Gasteiger partial charge is 0.497 e. The van der Waals surface area contributed by atoms with Gasteiger partial charge in [-0.3, -0.25) is 9.59 Å². The molecule has 0 bridgehead atoms. The highest BCUT2D eigenvalue weighted by Crippen LogP contribution is 2.21. The van der Waals surface area contributed by atoms with Crippen molar-refractivity contribution >= 4 is 17.5 Å². The first-order valence-corrected chi connectivity index (χ1v) is 7.50. The molecule has 1 aliphatic heterocycles. The average Bonchev–Trinajstić information content (AvgIpc) is 2.96. The molecule has 5 heteroatoms. The number of carbonyl (C=O) groups excluding carboxylic acids is 2. The number of rotatable bonds is 4. The lowest BCUT2D eigenvalue weighted by Gasteiger charge is -2.17. The number of nitrogens with zero attached hydrogens (tertiary/aromatic N) is 1. The second-order valence-corrected chi connectivity index (χ2v) is 5.37. The Bertz CT molecular complexity index is 715. The summed E-state index contributed by atoms with van der Waals surface area (Å²) in [4.78, 5) is 26.5. The molecule has 0 aromatic heterocycles. The fourth-order valence-electron chi connectivity index (χ4n) is 2.68. The van der Waals surface area contributed by atoms with E-state index in [2.05, 4.69) is 5.32 Å². The van der Waals surface area contributed by atoms with Crippen molar-refractivity contribution < 1.29 is 14.3 Å². The summed E-state index contributed by atoms with van der Waals surface area (Å²) in [6, 6.07) is 15.9. The third-order valence-corrected chi connectivity index (χ3v) is 3.91. The molecule has 1 unspecified atom stereocenters. The predicted molar refractivity (Wildman–Crippen MR) is 87.7 cm³/mol. The van der Waals surface area contributed by atoms with E-state index in [0.717, 1.165) is 5.69 Å². The molecule has 0 spiro atoms. The summed E-state index contributed by atoms with van der Waals surface area (Å²) in [5.41, 5.74) is 1.34. The van der Waals surface area contributed by atoms with Crippen LogP contribution in [0.1, 0.15) is 16.8 Å². The van der Waals surface area contributed by atoms with Crippen molar-refractivity contribution in [2.45, 2.75) is 12.5 Å². The number of hydrogen-bond donors (Lipinski definition) is 1. The van der Waals surface area contributed by atoms with Crippen molar-refractivity contribution in [3.05, 3.63) is 60.2 Å². The molecule has 1 fully saturated rings. The number of nitrogens with one attached hydrogen (secondary N) is 1. The zero-order valence-corrected chi connectivity index (χ0v) is 12.9. The molecular formula is C18H18N2O3. The van der Waals surface area contributed by atoms with Gasteiger partial charge in [-0.2, -0.15) is 0 Å². The van der Waals surface area contributed by atoms with E-state index in [0.29, 0.717) is 24.3 Å². The third-order valence-electron chi connectivity index (χ3n) is 3.91. The number of benzene rings is 2. The number of methoxy groups -OCH3 is 1. The standard InChI is InChI=1S/C18H18N2O3/c1-23-15-9-5-6-13(12-15)17(21)19-16-10-11-20(18(16)22)14-7-3-2-4-8-14/h2-9,12,16H,10-11H2,1H3,(H,19,21). The van der Waals surface area contributed by atoms with Crippen molar-refractivity contribution in [1.29, 1.82) is 0 Å². The summed E-state index contributed by atoms with van der Waals surface area (Å²) < 4.78 is 5.12. The molecule has 23 heavy (non-hydrogen) atoms. The SMILES string of the molecule is COc1cccc(C(=O)NC2CCN(c3ccccc3)C2=O)c1. The van der Waals surface area contributed by atoms with Gasteiger partial charge in [0.2, 0.25) is 5.91 Å². The Hall–Kier alpha value is -2.82. The van der Waals surface area contributed by atoms with Crippen molar-refractivity contribution in [3.63, 3.8) is 0 Å². The van der Waals surface area contributed by atoms with Crippen LogP contribution in [0.2, 0.25) is 0 Å². The lowest BCUT2D eigenvalue weighted by Crippen LogP contribution is -2.41. The molecule has 2 amide bonds. The van der Waals surface area contributed by atoms with Gasteiger partial charge in [-0.05, 0) is 36.8 Å². The minimum absolute atomic E-state index is 0.0764. The van der Waals surface area contributed by atoms with Gasteiger partial charge in [0.25, 0.3) is 5.91 Å². The molecule has 118 valence electrons. The quantitative estimate of drug-likeness (QED) is 0.942. The summed E-state index contributed by atoms with van der Waals surface area (Å²) in [5, 5.41) is 2.81. The number of anilines is 1. The van der Waals surface area contributed by atoms with Crippen LogP contribution in [0.15, 0.2) is 54.6 Å². The molecule has 0 aliphatic carbocycles. The van der Waals surface area contributed by atoms with Gasteiger partial charge in [0.15, 0.2) is 0 Å². The summed E-state index contributed by atoms with van der Waals surface area (Å²) in [6.07, 6.45) is 0.601. The lowest BCUT2D eigenvalue weighted by atomic mass is 10.1. The van der Waals surface area contributed by atoms with Gasteiger partial charge in [0, 0.05) is 17.8 Å². The highest BCUT2D eigenvalue weighted by molar-refractivity contribution is 6.03. The molecule has 1 atom stereocenters. The van der Waals surface area contributed by atoms with Crippen molar-refractivity contribution in [1.82, 2.24) is 5.32 Å². The second kappa shape index (κ2) is 6.52. The molecule has 0 saturated carbocycles. The summed E-state index contributed by atoms with van der Waals surface area (Å²) >= 11 is 0.